The Morgan fingerprint density at radius 3 is 2.95 bits per heavy atom. The van der Waals surface area contributed by atoms with Crippen LogP contribution >= 0.6 is 11.3 Å². The first-order valence-corrected chi connectivity index (χ1v) is 8.05. The highest BCUT2D eigenvalue weighted by Crippen LogP contribution is 2.29. The van der Waals surface area contributed by atoms with Crippen LogP contribution in [0, 0.1) is 19.7 Å². The van der Waals surface area contributed by atoms with Crippen LogP contribution in [0.15, 0.2) is 24.4 Å². The summed E-state index contributed by atoms with van der Waals surface area (Å²) in [6.07, 6.45) is 1.86. The van der Waals surface area contributed by atoms with E-state index >= 15 is 0 Å². The molecular weight excluding hydrogens is 301 g/mol. The first-order valence-electron chi connectivity index (χ1n) is 7.23. The Morgan fingerprint density at radius 2 is 2.27 bits per heavy atom. The molecule has 0 saturated carbocycles. The summed E-state index contributed by atoms with van der Waals surface area (Å²) >= 11 is 1.64. The smallest absolute Gasteiger partial charge is 0.242 e. The number of rotatable bonds is 3. The molecule has 22 heavy (non-hydrogen) atoms. The average molecular weight is 319 g/mol. The van der Waals surface area contributed by atoms with Crippen molar-refractivity contribution in [2.45, 2.75) is 26.4 Å². The summed E-state index contributed by atoms with van der Waals surface area (Å²) in [6, 6.07) is 4.23. The molecule has 1 fully saturated rings. The summed E-state index contributed by atoms with van der Waals surface area (Å²) in [6.45, 7) is 5.89. The molecule has 6 heteroatoms. The van der Waals surface area contributed by atoms with E-state index in [1.165, 1.54) is 12.1 Å². The highest BCUT2D eigenvalue weighted by Gasteiger charge is 2.32. The van der Waals surface area contributed by atoms with Crippen LogP contribution in [-0.4, -0.2) is 28.9 Å². The van der Waals surface area contributed by atoms with Crippen molar-refractivity contribution in [2.24, 2.45) is 0 Å². The highest BCUT2D eigenvalue weighted by atomic mass is 32.1. The van der Waals surface area contributed by atoms with Crippen LogP contribution in [-0.2, 0) is 11.3 Å². The minimum atomic E-state index is -0.378. The van der Waals surface area contributed by atoms with Gasteiger partial charge >= 0.3 is 0 Å². The number of aromatic nitrogens is 1. The van der Waals surface area contributed by atoms with E-state index in [0.717, 1.165) is 27.6 Å². The van der Waals surface area contributed by atoms with E-state index in [1.54, 1.807) is 17.4 Å². The molecule has 1 aliphatic rings. The summed E-state index contributed by atoms with van der Waals surface area (Å²) in [7, 11) is 0. The van der Waals surface area contributed by atoms with E-state index < -0.39 is 0 Å². The number of carbonyl (C=O) groups is 1. The Bertz CT molecular complexity index is 700. The number of hydrogen-bond donors (Lipinski definition) is 1. The standard InChI is InChI=1S/C16H18FN3OS/c1-10-7-12(17)3-4-14(10)15-16(21)18-5-6-20(15)9-13-8-19-11(2)22-13/h3-4,7-8,15H,5-6,9H2,1-2H3,(H,18,21). The maximum Gasteiger partial charge on any atom is 0.242 e. The van der Waals surface area contributed by atoms with Crippen molar-refractivity contribution in [1.29, 1.82) is 0 Å². The Morgan fingerprint density at radius 1 is 1.45 bits per heavy atom. The van der Waals surface area contributed by atoms with Gasteiger partial charge in [-0.3, -0.25) is 9.69 Å². The number of hydrogen-bond acceptors (Lipinski definition) is 4. The van der Waals surface area contributed by atoms with Gasteiger partial charge in [0.25, 0.3) is 0 Å². The van der Waals surface area contributed by atoms with Gasteiger partial charge in [0.05, 0.1) is 5.01 Å². The second-order valence-electron chi connectivity index (χ2n) is 5.51. The van der Waals surface area contributed by atoms with Gasteiger partial charge in [0.2, 0.25) is 5.91 Å². The highest BCUT2D eigenvalue weighted by molar-refractivity contribution is 7.11. The molecule has 2 heterocycles. The zero-order valence-corrected chi connectivity index (χ0v) is 13.4. The third-order valence-corrected chi connectivity index (χ3v) is 4.76. The fourth-order valence-electron chi connectivity index (χ4n) is 2.85. The lowest BCUT2D eigenvalue weighted by molar-refractivity contribution is -0.129. The second-order valence-corrected chi connectivity index (χ2v) is 6.83. The lowest BCUT2D eigenvalue weighted by Gasteiger charge is -2.35. The number of nitrogens with zero attached hydrogens (tertiary/aromatic N) is 2. The van der Waals surface area contributed by atoms with Crippen LogP contribution in [0.1, 0.15) is 27.1 Å². The van der Waals surface area contributed by atoms with E-state index in [-0.39, 0.29) is 17.8 Å². The number of piperazine rings is 1. The average Bonchev–Trinajstić information content (AvgIpc) is 2.86. The topological polar surface area (TPSA) is 45.2 Å². The molecule has 0 aliphatic carbocycles. The maximum atomic E-state index is 13.3. The monoisotopic (exact) mass is 319 g/mol. The Balaban J connectivity index is 1.91. The Kier molecular flexibility index (Phi) is 4.22. The largest absolute Gasteiger partial charge is 0.353 e. The van der Waals surface area contributed by atoms with Crippen LogP contribution in [0.2, 0.25) is 0 Å². The van der Waals surface area contributed by atoms with Gasteiger partial charge in [0.15, 0.2) is 0 Å². The zero-order chi connectivity index (χ0) is 15.7. The second kappa shape index (κ2) is 6.14. The van der Waals surface area contributed by atoms with Gasteiger partial charge in [0, 0.05) is 30.7 Å². The van der Waals surface area contributed by atoms with E-state index in [4.69, 9.17) is 0 Å². The predicted octanol–water partition coefficient (Wildman–Crippen LogP) is 2.57. The summed E-state index contributed by atoms with van der Waals surface area (Å²) in [5, 5.41) is 3.93. The van der Waals surface area contributed by atoms with Gasteiger partial charge in [-0.2, -0.15) is 0 Å². The van der Waals surface area contributed by atoms with Crippen molar-refractivity contribution in [1.82, 2.24) is 15.2 Å². The number of nitrogens with one attached hydrogen (secondary N) is 1. The van der Waals surface area contributed by atoms with Crippen molar-refractivity contribution in [3.8, 4) is 0 Å². The van der Waals surface area contributed by atoms with E-state index in [2.05, 4.69) is 15.2 Å². The number of halogens is 1. The van der Waals surface area contributed by atoms with Gasteiger partial charge in [-0.1, -0.05) is 6.07 Å². The number of amides is 1. The number of carbonyl (C=O) groups excluding carboxylic acids is 1. The third-order valence-electron chi connectivity index (χ3n) is 3.87. The molecule has 1 atom stereocenters. The first-order chi connectivity index (χ1) is 10.5. The molecule has 0 radical (unpaired) electrons. The molecule has 3 rings (SSSR count). The predicted molar refractivity (Wildman–Crippen MR) is 84.1 cm³/mol. The maximum absolute atomic E-state index is 13.3. The van der Waals surface area contributed by atoms with Crippen LogP contribution in [0.25, 0.3) is 0 Å². The first kappa shape index (κ1) is 15.1. The molecule has 1 N–H and O–H groups in total. The van der Waals surface area contributed by atoms with Crippen LogP contribution in [0.5, 0.6) is 0 Å². The minimum Gasteiger partial charge on any atom is -0.353 e. The molecule has 1 aliphatic heterocycles. The molecule has 116 valence electrons. The molecule has 0 bridgehead atoms. The van der Waals surface area contributed by atoms with Gasteiger partial charge in [-0.05, 0) is 37.1 Å². The van der Waals surface area contributed by atoms with Crippen LogP contribution in [0.4, 0.5) is 4.39 Å². The van der Waals surface area contributed by atoms with E-state index in [0.29, 0.717) is 13.1 Å². The lowest BCUT2D eigenvalue weighted by Crippen LogP contribution is -2.49. The molecule has 1 saturated heterocycles. The number of thiazole rings is 1. The lowest BCUT2D eigenvalue weighted by atomic mass is 9.97. The molecule has 1 unspecified atom stereocenters. The summed E-state index contributed by atoms with van der Waals surface area (Å²) in [4.78, 5) is 19.9. The minimum absolute atomic E-state index is 0.0257. The molecule has 1 aromatic carbocycles. The number of benzene rings is 1. The number of aryl methyl sites for hydroxylation is 2. The fourth-order valence-corrected chi connectivity index (χ4v) is 3.67. The molecular formula is C16H18FN3OS. The summed E-state index contributed by atoms with van der Waals surface area (Å²) in [5.41, 5.74) is 1.66. The summed E-state index contributed by atoms with van der Waals surface area (Å²) < 4.78 is 13.3. The van der Waals surface area contributed by atoms with Gasteiger partial charge in [-0.15, -0.1) is 11.3 Å². The van der Waals surface area contributed by atoms with Crippen molar-refractivity contribution < 1.29 is 9.18 Å². The van der Waals surface area contributed by atoms with Crippen LogP contribution in [0.3, 0.4) is 0 Å². The fraction of sp³-hybridized carbons (Fsp3) is 0.375. The zero-order valence-electron chi connectivity index (χ0n) is 12.6. The molecule has 2 aromatic rings. The van der Waals surface area contributed by atoms with Crippen molar-refractivity contribution in [2.75, 3.05) is 13.1 Å². The van der Waals surface area contributed by atoms with Gasteiger partial charge in [-0.25, -0.2) is 9.37 Å². The van der Waals surface area contributed by atoms with Gasteiger partial charge in [0.1, 0.15) is 11.9 Å². The van der Waals surface area contributed by atoms with E-state index in [1.807, 2.05) is 20.0 Å². The molecule has 1 amide bonds. The molecule has 0 spiro atoms. The third kappa shape index (κ3) is 3.03. The van der Waals surface area contributed by atoms with Crippen LogP contribution < -0.4 is 5.32 Å². The Labute approximate surface area is 133 Å². The quantitative estimate of drug-likeness (QED) is 0.946. The van der Waals surface area contributed by atoms with Gasteiger partial charge < -0.3 is 5.32 Å². The van der Waals surface area contributed by atoms with E-state index in [9.17, 15) is 9.18 Å². The molecule has 4 nitrogen and oxygen atoms in total. The normalized spacial score (nSPS) is 19.2. The Hall–Kier alpha value is -1.79. The molecule has 1 aromatic heterocycles. The van der Waals surface area contributed by atoms with Crippen molar-refractivity contribution in [3.63, 3.8) is 0 Å². The SMILES string of the molecule is Cc1ncc(CN2CCNC(=O)C2c2ccc(F)cc2C)s1. The van der Waals surface area contributed by atoms with Crippen molar-refractivity contribution >= 4 is 17.2 Å². The summed E-state index contributed by atoms with van der Waals surface area (Å²) in [5.74, 6) is -0.302. The van der Waals surface area contributed by atoms with Crippen molar-refractivity contribution in [3.05, 3.63) is 51.2 Å².